The van der Waals surface area contributed by atoms with E-state index in [0.29, 0.717) is 0 Å². The van der Waals surface area contributed by atoms with Crippen LogP contribution >= 0.6 is 0 Å². The van der Waals surface area contributed by atoms with E-state index in [1.807, 2.05) is 0 Å². The van der Waals surface area contributed by atoms with E-state index in [4.69, 9.17) is 5.73 Å². The Kier molecular flexibility index (Phi) is 4.57. The van der Waals surface area contributed by atoms with Crippen molar-refractivity contribution in [2.24, 2.45) is 5.73 Å². The number of allylic oxidation sites excluding steroid dienone is 2. The maximum atomic E-state index is 11.7. The Labute approximate surface area is 90.2 Å². The van der Waals surface area contributed by atoms with Crippen molar-refractivity contribution in [3.8, 4) is 0 Å². The molecular weight excluding hydrogens is 216 g/mol. The van der Waals surface area contributed by atoms with Crippen LogP contribution in [0.1, 0.15) is 6.92 Å². The van der Waals surface area contributed by atoms with Gasteiger partial charge in [0, 0.05) is 14.1 Å². The normalized spacial score (nSPS) is 15.1. The van der Waals surface area contributed by atoms with Crippen LogP contribution in [0.25, 0.3) is 0 Å². The summed E-state index contributed by atoms with van der Waals surface area (Å²) in [6.45, 7) is 4.93. The Morgan fingerprint density at radius 1 is 1.47 bits per heavy atom. The molecule has 0 aromatic rings. The van der Waals surface area contributed by atoms with E-state index in [0.717, 1.165) is 10.4 Å². The standard InChI is InChI=1S/C9H16N2O3S/c1-5-7(10)9(12)8(6-2)15(13,14)11(3)4/h5-6,12H,2,10H2,1,3-4H3/b7-5+,9-8-. The third-order valence-electron chi connectivity index (χ3n) is 1.76. The first-order chi connectivity index (χ1) is 6.78. The molecule has 3 N–H and O–H groups in total. The molecule has 0 saturated carbocycles. The molecule has 86 valence electrons. The molecule has 6 heteroatoms. The Morgan fingerprint density at radius 3 is 2.20 bits per heavy atom. The fourth-order valence-electron chi connectivity index (χ4n) is 0.800. The van der Waals surface area contributed by atoms with Crippen LogP contribution < -0.4 is 5.73 Å². The van der Waals surface area contributed by atoms with Crippen LogP contribution in [0.2, 0.25) is 0 Å². The summed E-state index contributed by atoms with van der Waals surface area (Å²) >= 11 is 0. The number of sulfonamides is 1. The van der Waals surface area contributed by atoms with Crippen molar-refractivity contribution in [3.63, 3.8) is 0 Å². The van der Waals surface area contributed by atoms with E-state index in [1.165, 1.54) is 20.2 Å². The van der Waals surface area contributed by atoms with Gasteiger partial charge in [0.15, 0.2) is 5.76 Å². The average Bonchev–Trinajstić information content (AvgIpc) is 2.16. The summed E-state index contributed by atoms with van der Waals surface area (Å²) in [5.41, 5.74) is 5.41. The van der Waals surface area contributed by atoms with Gasteiger partial charge in [-0.2, -0.15) is 0 Å². The third kappa shape index (κ3) is 2.84. The maximum Gasteiger partial charge on any atom is 0.246 e. The lowest BCUT2D eigenvalue weighted by Gasteiger charge is -2.13. The van der Waals surface area contributed by atoms with E-state index in [-0.39, 0.29) is 10.6 Å². The smallest absolute Gasteiger partial charge is 0.246 e. The quantitative estimate of drug-likeness (QED) is 0.552. The SMILES string of the molecule is C=C/C(=C(O)\C(N)=C/C)S(=O)(=O)N(C)C. The summed E-state index contributed by atoms with van der Waals surface area (Å²) in [6.07, 6.45) is 2.46. The highest BCUT2D eigenvalue weighted by Crippen LogP contribution is 2.17. The van der Waals surface area contributed by atoms with E-state index < -0.39 is 15.8 Å². The van der Waals surface area contributed by atoms with Crippen LogP contribution in [0, 0.1) is 0 Å². The molecular formula is C9H16N2O3S. The minimum absolute atomic E-state index is 0.00433. The van der Waals surface area contributed by atoms with E-state index in [9.17, 15) is 13.5 Å². The zero-order valence-corrected chi connectivity index (χ0v) is 9.87. The zero-order valence-electron chi connectivity index (χ0n) is 9.06. The van der Waals surface area contributed by atoms with Gasteiger partial charge in [-0.3, -0.25) is 0 Å². The lowest BCUT2D eigenvalue weighted by Crippen LogP contribution is -2.24. The van der Waals surface area contributed by atoms with Gasteiger partial charge in [-0.05, 0) is 13.0 Å². The lowest BCUT2D eigenvalue weighted by atomic mass is 10.3. The van der Waals surface area contributed by atoms with Gasteiger partial charge in [0.1, 0.15) is 4.91 Å². The van der Waals surface area contributed by atoms with Crippen molar-refractivity contribution in [1.82, 2.24) is 4.31 Å². The van der Waals surface area contributed by atoms with E-state index >= 15 is 0 Å². The van der Waals surface area contributed by atoms with E-state index in [2.05, 4.69) is 6.58 Å². The van der Waals surface area contributed by atoms with Crippen molar-refractivity contribution in [2.75, 3.05) is 14.1 Å². The molecule has 0 atom stereocenters. The lowest BCUT2D eigenvalue weighted by molar-refractivity contribution is 0.418. The molecule has 0 saturated heterocycles. The van der Waals surface area contributed by atoms with Crippen LogP contribution in [-0.4, -0.2) is 31.9 Å². The summed E-state index contributed by atoms with van der Waals surface area (Å²) < 4.78 is 24.3. The molecule has 0 aromatic heterocycles. The van der Waals surface area contributed by atoms with Crippen LogP contribution in [0.5, 0.6) is 0 Å². The van der Waals surface area contributed by atoms with E-state index in [1.54, 1.807) is 6.92 Å². The molecule has 0 bridgehead atoms. The van der Waals surface area contributed by atoms with Crippen molar-refractivity contribution in [1.29, 1.82) is 0 Å². The van der Waals surface area contributed by atoms with Crippen LogP contribution in [0.3, 0.4) is 0 Å². The van der Waals surface area contributed by atoms with Crippen molar-refractivity contribution >= 4 is 10.0 Å². The summed E-state index contributed by atoms with van der Waals surface area (Å²) in [7, 11) is -1.00. The molecule has 0 aliphatic heterocycles. The topological polar surface area (TPSA) is 83.6 Å². The Morgan fingerprint density at radius 2 is 1.93 bits per heavy atom. The first-order valence-electron chi connectivity index (χ1n) is 4.19. The summed E-state index contributed by atoms with van der Waals surface area (Å²) in [5, 5.41) is 9.57. The summed E-state index contributed by atoms with van der Waals surface area (Å²) in [5.74, 6) is -0.485. The number of aliphatic hydroxyl groups excluding tert-OH is 1. The fraction of sp³-hybridized carbons (Fsp3) is 0.333. The predicted octanol–water partition coefficient (Wildman–Crippen LogP) is 0.696. The second-order valence-electron chi connectivity index (χ2n) is 2.95. The first kappa shape index (κ1) is 13.7. The fourth-order valence-corrected chi connectivity index (χ4v) is 1.77. The molecule has 0 aromatic carbocycles. The van der Waals surface area contributed by atoms with Gasteiger partial charge in [0.25, 0.3) is 0 Å². The highest BCUT2D eigenvalue weighted by Gasteiger charge is 2.22. The van der Waals surface area contributed by atoms with Gasteiger partial charge in [0.05, 0.1) is 5.70 Å². The molecule has 0 heterocycles. The first-order valence-corrected chi connectivity index (χ1v) is 5.63. The molecule has 0 aliphatic rings. The largest absolute Gasteiger partial charge is 0.504 e. The van der Waals surface area contributed by atoms with Crippen LogP contribution in [0.15, 0.2) is 35.1 Å². The second kappa shape index (κ2) is 4.99. The van der Waals surface area contributed by atoms with Gasteiger partial charge >= 0.3 is 0 Å². The Bertz CT molecular complexity index is 405. The van der Waals surface area contributed by atoms with Crippen molar-refractivity contribution in [2.45, 2.75) is 6.92 Å². The number of hydrogen-bond acceptors (Lipinski definition) is 4. The van der Waals surface area contributed by atoms with Gasteiger partial charge in [-0.15, -0.1) is 0 Å². The van der Waals surface area contributed by atoms with Gasteiger partial charge in [0.2, 0.25) is 10.0 Å². The molecule has 0 amide bonds. The van der Waals surface area contributed by atoms with Crippen LogP contribution in [0.4, 0.5) is 0 Å². The monoisotopic (exact) mass is 232 g/mol. The predicted molar refractivity (Wildman–Crippen MR) is 60.4 cm³/mol. The Hall–Kier alpha value is -1.27. The average molecular weight is 232 g/mol. The molecule has 0 unspecified atom stereocenters. The Balaban J connectivity index is 5.75. The summed E-state index contributed by atoms with van der Waals surface area (Å²) in [4.78, 5) is -0.303. The maximum absolute atomic E-state index is 11.7. The van der Waals surface area contributed by atoms with Gasteiger partial charge in [-0.1, -0.05) is 12.7 Å². The third-order valence-corrected chi connectivity index (χ3v) is 3.64. The molecule has 0 spiro atoms. The molecule has 15 heavy (non-hydrogen) atoms. The minimum atomic E-state index is -3.72. The molecule has 5 nitrogen and oxygen atoms in total. The molecule has 0 rings (SSSR count). The van der Waals surface area contributed by atoms with Gasteiger partial charge < -0.3 is 10.8 Å². The number of aliphatic hydroxyl groups is 1. The highest BCUT2D eigenvalue weighted by atomic mass is 32.2. The van der Waals surface area contributed by atoms with Crippen molar-refractivity contribution in [3.05, 3.63) is 35.1 Å². The molecule has 0 aliphatic carbocycles. The summed E-state index contributed by atoms with van der Waals surface area (Å²) in [6, 6.07) is 0. The number of nitrogens with two attached hydrogens (primary N) is 1. The molecule has 0 radical (unpaired) electrons. The van der Waals surface area contributed by atoms with Gasteiger partial charge in [-0.25, -0.2) is 12.7 Å². The zero-order chi connectivity index (χ0) is 12.2. The number of rotatable bonds is 4. The second-order valence-corrected chi connectivity index (χ2v) is 5.07. The number of nitrogens with zero attached hydrogens (tertiary/aromatic N) is 1. The number of hydrogen-bond donors (Lipinski definition) is 2. The highest BCUT2D eigenvalue weighted by molar-refractivity contribution is 7.93. The van der Waals surface area contributed by atoms with Crippen LogP contribution in [-0.2, 0) is 10.0 Å². The molecule has 0 fully saturated rings. The van der Waals surface area contributed by atoms with Crippen molar-refractivity contribution < 1.29 is 13.5 Å². The minimum Gasteiger partial charge on any atom is -0.504 e.